The molecule has 1 aliphatic carbocycles. The molecule has 2 rings (SSSR count). The number of hydrogen-bond donors (Lipinski definition) is 5. The standard InChI is InChI=1S/C24H39N5O6S/c1-2-8-20(29(35)16-30)18(15-17-9-4-3-5-10-17)21(31)27-19(11-6-7-12-26-24(33)34)22(32)28-23-25-13-14-36-23/h13-14,16-20,26,35H,2-12,15H2,1H3,(H,27,31)(H,33,34)(H,25,28,32)/t18-,19+,20+/m1/s1. The SMILES string of the molecule is CCC[C@@H]([C@@H](CC1CCCCC1)C(=O)N[C@@H](CCCCNC(=O)O)C(=O)Nc1nccs1)N(O)C=O. The van der Waals surface area contributed by atoms with Crippen molar-refractivity contribution in [3.05, 3.63) is 11.6 Å². The van der Waals surface area contributed by atoms with Crippen LogP contribution < -0.4 is 16.0 Å². The van der Waals surface area contributed by atoms with Gasteiger partial charge in [0.15, 0.2) is 5.13 Å². The smallest absolute Gasteiger partial charge is 0.404 e. The van der Waals surface area contributed by atoms with Gasteiger partial charge in [0.1, 0.15) is 6.04 Å². The van der Waals surface area contributed by atoms with Crippen LogP contribution in [-0.2, 0) is 14.4 Å². The van der Waals surface area contributed by atoms with E-state index in [0.717, 1.165) is 25.7 Å². The molecular formula is C24H39N5O6S. The Morgan fingerprint density at radius 2 is 1.94 bits per heavy atom. The number of carboxylic acid groups (broad SMARTS) is 1. The summed E-state index contributed by atoms with van der Waals surface area (Å²) in [5.74, 6) is -1.13. The average Bonchev–Trinajstić information content (AvgIpc) is 3.38. The van der Waals surface area contributed by atoms with Crippen LogP contribution in [0.3, 0.4) is 0 Å². The van der Waals surface area contributed by atoms with E-state index in [1.54, 1.807) is 11.6 Å². The van der Waals surface area contributed by atoms with Gasteiger partial charge in [-0.05, 0) is 38.0 Å². The van der Waals surface area contributed by atoms with E-state index in [-0.39, 0.29) is 12.5 Å². The second-order valence-electron chi connectivity index (χ2n) is 9.30. The minimum Gasteiger partial charge on any atom is -0.465 e. The maximum atomic E-state index is 13.6. The number of carbonyl (C=O) groups is 4. The van der Waals surface area contributed by atoms with Gasteiger partial charge >= 0.3 is 6.09 Å². The molecule has 1 fully saturated rings. The number of nitrogens with zero attached hydrogens (tertiary/aromatic N) is 2. The summed E-state index contributed by atoms with van der Waals surface area (Å²) in [5.41, 5.74) is 0. The van der Waals surface area contributed by atoms with Crippen molar-refractivity contribution in [2.45, 2.75) is 89.6 Å². The predicted molar refractivity (Wildman–Crippen MR) is 136 cm³/mol. The monoisotopic (exact) mass is 525 g/mol. The molecule has 0 bridgehead atoms. The van der Waals surface area contributed by atoms with Crippen LogP contribution in [0, 0.1) is 11.8 Å². The molecule has 0 aliphatic heterocycles. The van der Waals surface area contributed by atoms with Crippen molar-refractivity contribution in [1.82, 2.24) is 20.7 Å². The Hall–Kier alpha value is -2.73. The van der Waals surface area contributed by atoms with Crippen molar-refractivity contribution in [1.29, 1.82) is 0 Å². The highest BCUT2D eigenvalue weighted by atomic mass is 32.1. The normalized spacial score (nSPS) is 16.4. The first kappa shape index (κ1) is 29.5. The van der Waals surface area contributed by atoms with Crippen LogP contribution in [0.2, 0.25) is 0 Å². The van der Waals surface area contributed by atoms with Gasteiger partial charge in [0, 0.05) is 18.1 Å². The largest absolute Gasteiger partial charge is 0.465 e. The average molecular weight is 526 g/mol. The van der Waals surface area contributed by atoms with Crippen LogP contribution in [0.15, 0.2) is 11.6 Å². The topological polar surface area (TPSA) is 161 Å². The summed E-state index contributed by atoms with van der Waals surface area (Å²) >= 11 is 1.26. The van der Waals surface area contributed by atoms with Crippen LogP contribution in [0.5, 0.6) is 0 Å². The third-order valence-corrected chi connectivity index (χ3v) is 7.33. The molecule has 11 nitrogen and oxygen atoms in total. The Bertz CT molecular complexity index is 818. The molecule has 0 saturated heterocycles. The molecule has 202 valence electrons. The van der Waals surface area contributed by atoms with Gasteiger partial charge in [-0.3, -0.25) is 19.6 Å². The van der Waals surface area contributed by atoms with Crippen molar-refractivity contribution in [2.24, 2.45) is 11.8 Å². The highest BCUT2D eigenvalue weighted by molar-refractivity contribution is 7.13. The summed E-state index contributed by atoms with van der Waals surface area (Å²) in [4.78, 5) is 52.8. The molecule has 3 atom stereocenters. The van der Waals surface area contributed by atoms with Crippen LogP contribution in [-0.4, -0.2) is 63.3 Å². The maximum absolute atomic E-state index is 13.6. The zero-order valence-corrected chi connectivity index (χ0v) is 21.7. The zero-order chi connectivity index (χ0) is 26.3. The van der Waals surface area contributed by atoms with Crippen molar-refractivity contribution >= 4 is 40.8 Å². The first-order chi connectivity index (χ1) is 17.3. The number of carbonyl (C=O) groups excluding carboxylic acids is 3. The molecule has 4 amide bonds. The van der Waals surface area contributed by atoms with E-state index in [1.165, 1.54) is 17.8 Å². The number of hydrogen-bond acceptors (Lipinski definition) is 7. The maximum Gasteiger partial charge on any atom is 0.404 e. The summed E-state index contributed by atoms with van der Waals surface area (Å²) in [7, 11) is 0. The summed E-state index contributed by atoms with van der Waals surface area (Å²) < 4.78 is 0. The quantitative estimate of drug-likeness (QED) is 0.0953. The molecule has 1 aromatic rings. The zero-order valence-electron chi connectivity index (χ0n) is 20.9. The van der Waals surface area contributed by atoms with Gasteiger partial charge in [-0.2, -0.15) is 0 Å². The summed E-state index contributed by atoms with van der Waals surface area (Å²) in [6.45, 7) is 2.17. The predicted octanol–water partition coefficient (Wildman–Crippen LogP) is 3.61. The van der Waals surface area contributed by atoms with Gasteiger partial charge in [-0.15, -0.1) is 11.3 Å². The molecule has 1 saturated carbocycles. The lowest BCUT2D eigenvalue weighted by Crippen LogP contribution is -2.51. The molecule has 1 aliphatic rings. The van der Waals surface area contributed by atoms with Crippen molar-refractivity contribution in [2.75, 3.05) is 11.9 Å². The molecule has 0 unspecified atom stereocenters. The lowest BCUT2D eigenvalue weighted by atomic mass is 9.79. The van der Waals surface area contributed by atoms with E-state index in [9.17, 15) is 24.4 Å². The summed E-state index contributed by atoms with van der Waals surface area (Å²) in [5, 5.41) is 29.7. The van der Waals surface area contributed by atoms with E-state index in [1.807, 2.05) is 6.92 Å². The van der Waals surface area contributed by atoms with E-state index >= 15 is 0 Å². The fourth-order valence-corrected chi connectivity index (χ4v) is 5.34. The minimum atomic E-state index is -1.11. The number of amides is 4. The Balaban J connectivity index is 2.16. The number of aromatic nitrogens is 1. The lowest BCUT2D eigenvalue weighted by Gasteiger charge is -2.34. The summed E-state index contributed by atoms with van der Waals surface area (Å²) in [6, 6.07) is -1.55. The number of thiazole rings is 1. The molecule has 36 heavy (non-hydrogen) atoms. The van der Waals surface area contributed by atoms with Crippen molar-refractivity contribution < 1.29 is 29.5 Å². The molecular weight excluding hydrogens is 486 g/mol. The van der Waals surface area contributed by atoms with Crippen LogP contribution in [0.25, 0.3) is 0 Å². The Kier molecular flexibility index (Phi) is 13.2. The van der Waals surface area contributed by atoms with Gasteiger partial charge in [0.2, 0.25) is 18.2 Å². The van der Waals surface area contributed by atoms with Gasteiger partial charge in [-0.1, -0.05) is 45.4 Å². The fourth-order valence-electron chi connectivity index (χ4n) is 4.81. The van der Waals surface area contributed by atoms with Gasteiger partial charge in [0.05, 0.1) is 12.0 Å². The molecule has 0 aromatic carbocycles. The molecule has 1 aromatic heterocycles. The number of unbranched alkanes of at least 4 members (excludes halogenated alkanes) is 1. The minimum absolute atomic E-state index is 0.242. The third-order valence-electron chi connectivity index (χ3n) is 6.64. The molecule has 12 heteroatoms. The van der Waals surface area contributed by atoms with Gasteiger partial charge < -0.3 is 21.1 Å². The number of anilines is 1. The number of rotatable bonds is 16. The molecule has 0 radical (unpaired) electrons. The highest BCUT2D eigenvalue weighted by Crippen LogP contribution is 2.32. The second kappa shape index (κ2) is 16.1. The highest BCUT2D eigenvalue weighted by Gasteiger charge is 2.36. The Morgan fingerprint density at radius 1 is 1.19 bits per heavy atom. The van der Waals surface area contributed by atoms with Gasteiger partial charge in [0.25, 0.3) is 0 Å². The Morgan fingerprint density at radius 3 is 2.56 bits per heavy atom. The van der Waals surface area contributed by atoms with E-state index in [4.69, 9.17) is 5.11 Å². The molecule has 0 spiro atoms. The van der Waals surface area contributed by atoms with E-state index < -0.39 is 30.0 Å². The second-order valence-corrected chi connectivity index (χ2v) is 10.2. The van der Waals surface area contributed by atoms with Crippen molar-refractivity contribution in [3.63, 3.8) is 0 Å². The Labute approximate surface area is 216 Å². The fraction of sp³-hybridized carbons (Fsp3) is 0.708. The first-order valence-corrected chi connectivity index (χ1v) is 13.6. The lowest BCUT2D eigenvalue weighted by molar-refractivity contribution is -0.170. The van der Waals surface area contributed by atoms with Gasteiger partial charge in [-0.25, -0.2) is 14.8 Å². The molecule has 5 N–H and O–H groups in total. The first-order valence-electron chi connectivity index (χ1n) is 12.8. The summed E-state index contributed by atoms with van der Waals surface area (Å²) in [6.07, 6.45) is 9.12. The van der Waals surface area contributed by atoms with E-state index in [2.05, 4.69) is 20.9 Å². The number of nitrogens with one attached hydrogen (secondary N) is 3. The van der Waals surface area contributed by atoms with Crippen LogP contribution >= 0.6 is 11.3 Å². The van der Waals surface area contributed by atoms with Crippen LogP contribution in [0.1, 0.15) is 77.6 Å². The van der Waals surface area contributed by atoms with Crippen LogP contribution in [0.4, 0.5) is 9.93 Å². The molecule has 1 heterocycles. The van der Waals surface area contributed by atoms with E-state index in [0.29, 0.717) is 61.0 Å². The number of hydroxylamine groups is 2. The third kappa shape index (κ3) is 10.1. The van der Waals surface area contributed by atoms with Crippen molar-refractivity contribution in [3.8, 4) is 0 Å².